The van der Waals surface area contributed by atoms with E-state index < -0.39 is 0 Å². The van der Waals surface area contributed by atoms with E-state index in [9.17, 15) is 4.79 Å². The Morgan fingerprint density at radius 2 is 1.18 bits per heavy atom. The molecule has 0 aliphatic carbocycles. The zero-order valence-electron chi connectivity index (χ0n) is 21.4. The zero-order chi connectivity index (χ0) is 24.3. The van der Waals surface area contributed by atoms with E-state index in [4.69, 9.17) is 14.2 Å². The Hall–Kier alpha value is -2.33. The molecule has 2 aromatic carbocycles. The second-order valence-corrected chi connectivity index (χ2v) is 8.95. The molecule has 0 unspecified atom stereocenters. The van der Waals surface area contributed by atoms with Crippen LogP contribution in [-0.2, 0) is 11.2 Å². The Morgan fingerprint density at radius 1 is 0.618 bits per heavy atom. The first-order valence-electron chi connectivity index (χ1n) is 13.3. The lowest BCUT2D eigenvalue weighted by Gasteiger charge is -2.09. The van der Waals surface area contributed by atoms with Crippen molar-refractivity contribution in [1.29, 1.82) is 0 Å². The van der Waals surface area contributed by atoms with E-state index in [0.29, 0.717) is 17.9 Å². The number of ether oxygens (including phenoxy) is 3. The predicted octanol–water partition coefficient (Wildman–Crippen LogP) is 8.17. The highest BCUT2D eigenvalue weighted by atomic mass is 16.5. The quantitative estimate of drug-likeness (QED) is 0.118. The number of rotatable bonds is 19. The van der Waals surface area contributed by atoms with Crippen LogP contribution in [0.4, 0.5) is 0 Å². The van der Waals surface area contributed by atoms with Crippen molar-refractivity contribution in [3.8, 4) is 11.5 Å². The largest absolute Gasteiger partial charge is 0.494 e. The summed E-state index contributed by atoms with van der Waals surface area (Å²) in [6.07, 6.45) is 14.7. The summed E-state index contributed by atoms with van der Waals surface area (Å²) in [6, 6.07) is 14.8. The highest BCUT2D eigenvalue weighted by Crippen LogP contribution is 2.19. The molecule has 4 heteroatoms. The molecule has 0 aliphatic heterocycles. The van der Waals surface area contributed by atoms with E-state index in [-0.39, 0.29) is 5.97 Å². The molecule has 4 nitrogen and oxygen atoms in total. The van der Waals surface area contributed by atoms with Crippen LogP contribution in [0.15, 0.2) is 48.5 Å². The van der Waals surface area contributed by atoms with Gasteiger partial charge in [-0.25, -0.2) is 4.79 Å². The molecule has 0 spiro atoms. The molecule has 2 rings (SSSR count). The van der Waals surface area contributed by atoms with Gasteiger partial charge in [0.2, 0.25) is 0 Å². The molecule has 0 radical (unpaired) electrons. The molecule has 0 heterocycles. The maximum atomic E-state index is 12.4. The van der Waals surface area contributed by atoms with Crippen molar-refractivity contribution in [3.05, 3.63) is 59.7 Å². The van der Waals surface area contributed by atoms with E-state index in [0.717, 1.165) is 43.8 Å². The average molecular weight is 469 g/mol. The van der Waals surface area contributed by atoms with Crippen molar-refractivity contribution in [2.45, 2.75) is 90.9 Å². The summed E-state index contributed by atoms with van der Waals surface area (Å²) in [7, 11) is 0. The highest BCUT2D eigenvalue weighted by molar-refractivity contribution is 5.91. The van der Waals surface area contributed by atoms with Crippen molar-refractivity contribution in [2.24, 2.45) is 0 Å². The van der Waals surface area contributed by atoms with Crippen molar-refractivity contribution in [3.63, 3.8) is 0 Å². The molecule has 0 atom stereocenters. The van der Waals surface area contributed by atoms with Gasteiger partial charge in [-0.2, -0.15) is 0 Å². The van der Waals surface area contributed by atoms with E-state index in [1.807, 2.05) is 36.4 Å². The van der Waals surface area contributed by atoms with Gasteiger partial charge >= 0.3 is 5.97 Å². The molecular weight excluding hydrogens is 424 g/mol. The Labute approximate surface area is 207 Å². The van der Waals surface area contributed by atoms with Gasteiger partial charge in [0.25, 0.3) is 0 Å². The molecule has 0 aliphatic rings. The monoisotopic (exact) mass is 468 g/mol. The fourth-order valence-electron chi connectivity index (χ4n) is 3.75. The number of carbonyl (C=O) groups excluding carboxylic acids is 1. The van der Waals surface area contributed by atoms with Crippen molar-refractivity contribution < 1.29 is 19.0 Å². The summed E-state index contributed by atoms with van der Waals surface area (Å²) in [5.74, 6) is 0.980. The normalized spacial score (nSPS) is 10.9. The minimum atomic E-state index is -0.352. The molecule has 0 saturated heterocycles. The first kappa shape index (κ1) is 27.9. The van der Waals surface area contributed by atoms with E-state index in [1.165, 1.54) is 57.8 Å². The SMILES string of the molecule is CCCCCCCCCCOc1ccc(OC(=O)c2ccc(CCOCCCCC)cc2)cc1. The van der Waals surface area contributed by atoms with Crippen LogP contribution in [0.3, 0.4) is 0 Å². The fourth-order valence-corrected chi connectivity index (χ4v) is 3.75. The van der Waals surface area contributed by atoms with Gasteiger partial charge < -0.3 is 14.2 Å². The van der Waals surface area contributed by atoms with E-state index in [2.05, 4.69) is 13.8 Å². The molecule has 0 bridgehead atoms. The first-order valence-corrected chi connectivity index (χ1v) is 13.3. The van der Waals surface area contributed by atoms with Gasteiger partial charge in [0, 0.05) is 6.61 Å². The van der Waals surface area contributed by atoms with Crippen LogP contribution in [0.2, 0.25) is 0 Å². The molecule has 0 fully saturated rings. The Kier molecular flexibility index (Phi) is 14.8. The van der Waals surface area contributed by atoms with Gasteiger partial charge in [-0.15, -0.1) is 0 Å². The number of benzene rings is 2. The standard InChI is InChI=1S/C30H44O4/c1-3-5-7-8-9-10-11-13-24-33-28-18-20-29(21-19-28)34-30(31)27-16-14-26(15-17-27)22-25-32-23-12-6-4-2/h14-21H,3-13,22-25H2,1-2H3. The molecule has 0 saturated carbocycles. The van der Waals surface area contributed by atoms with Crippen LogP contribution in [-0.4, -0.2) is 25.8 Å². The predicted molar refractivity (Wildman–Crippen MR) is 140 cm³/mol. The smallest absolute Gasteiger partial charge is 0.343 e. The fraction of sp³-hybridized carbons (Fsp3) is 0.567. The second-order valence-electron chi connectivity index (χ2n) is 8.95. The minimum Gasteiger partial charge on any atom is -0.494 e. The molecule has 0 aromatic heterocycles. The topological polar surface area (TPSA) is 44.8 Å². The van der Waals surface area contributed by atoms with Gasteiger partial charge in [-0.3, -0.25) is 0 Å². The number of esters is 1. The van der Waals surface area contributed by atoms with Crippen LogP contribution in [0, 0.1) is 0 Å². The van der Waals surface area contributed by atoms with Gasteiger partial charge in [-0.05, 0) is 61.2 Å². The molecule has 2 aromatic rings. The number of carbonyl (C=O) groups is 1. The third kappa shape index (κ3) is 12.2. The summed E-state index contributed by atoms with van der Waals surface area (Å²) in [5.41, 5.74) is 1.70. The Morgan fingerprint density at radius 3 is 1.85 bits per heavy atom. The lowest BCUT2D eigenvalue weighted by molar-refractivity contribution is 0.0734. The molecule has 0 N–H and O–H groups in total. The molecular formula is C30H44O4. The zero-order valence-corrected chi connectivity index (χ0v) is 21.4. The number of hydrogen-bond acceptors (Lipinski definition) is 4. The second kappa shape index (κ2) is 18.1. The van der Waals surface area contributed by atoms with E-state index in [1.54, 1.807) is 12.1 Å². The molecule has 34 heavy (non-hydrogen) atoms. The first-order chi connectivity index (χ1) is 16.7. The maximum Gasteiger partial charge on any atom is 0.343 e. The highest BCUT2D eigenvalue weighted by Gasteiger charge is 2.09. The molecule has 188 valence electrons. The van der Waals surface area contributed by atoms with Crippen molar-refractivity contribution in [1.82, 2.24) is 0 Å². The van der Waals surface area contributed by atoms with Crippen LogP contribution >= 0.6 is 0 Å². The van der Waals surface area contributed by atoms with E-state index >= 15 is 0 Å². The Bertz CT molecular complexity index is 767. The summed E-state index contributed by atoms with van der Waals surface area (Å²) in [5, 5.41) is 0. The third-order valence-corrected chi connectivity index (χ3v) is 5.92. The third-order valence-electron chi connectivity index (χ3n) is 5.92. The van der Waals surface area contributed by atoms with Gasteiger partial charge in [0.05, 0.1) is 18.8 Å². The van der Waals surface area contributed by atoms with Crippen LogP contribution < -0.4 is 9.47 Å². The molecule has 0 amide bonds. The lowest BCUT2D eigenvalue weighted by atomic mass is 10.1. The van der Waals surface area contributed by atoms with Crippen LogP contribution in [0.25, 0.3) is 0 Å². The van der Waals surface area contributed by atoms with Crippen LogP contribution in [0.1, 0.15) is 100 Å². The lowest BCUT2D eigenvalue weighted by Crippen LogP contribution is -2.08. The average Bonchev–Trinajstić information content (AvgIpc) is 2.86. The van der Waals surface area contributed by atoms with Crippen LogP contribution in [0.5, 0.6) is 11.5 Å². The van der Waals surface area contributed by atoms with Crippen molar-refractivity contribution >= 4 is 5.97 Å². The summed E-state index contributed by atoms with van der Waals surface area (Å²) in [4.78, 5) is 12.4. The minimum absolute atomic E-state index is 0.352. The summed E-state index contributed by atoms with van der Waals surface area (Å²) in [6.45, 7) is 6.70. The Balaban J connectivity index is 1.62. The number of hydrogen-bond donors (Lipinski definition) is 0. The number of unbranched alkanes of at least 4 members (excludes halogenated alkanes) is 9. The van der Waals surface area contributed by atoms with Gasteiger partial charge in [-0.1, -0.05) is 83.8 Å². The summed E-state index contributed by atoms with van der Waals surface area (Å²) < 4.78 is 17.0. The van der Waals surface area contributed by atoms with Gasteiger partial charge in [0.1, 0.15) is 11.5 Å². The van der Waals surface area contributed by atoms with Gasteiger partial charge in [0.15, 0.2) is 0 Å². The van der Waals surface area contributed by atoms with Crippen molar-refractivity contribution in [2.75, 3.05) is 19.8 Å². The maximum absolute atomic E-state index is 12.4. The summed E-state index contributed by atoms with van der Waals surface area (Å²) >= 11 is 0.